The van der Waals surface area contributed by atoms with Crippen molar-refractivity contribution < 1.29 is 4.79 Å². The third-order valence-corrected chi connectivity index (χ3v) is 5.08. The average molecular weight is 379 g/mol. The maximum Gasteiger partial charge on any atom is 0.272 e. The molecule has 0 atom stereocenters. The molecule has 0 unspecified atom stereocenters. The Hall–Kier alpha value is -2.69. The second-order valence-electron chi connectivity index (χ2n) is 7.28. The molecule has 0 radical (unpaired) electrons. The molecule has 0 bridgehead atoms. The van der Waals surface area contributed by atoms with Gasteiger partial charge in [0.05, 0.1) is 0 Å². The summed E-state index contributed by atoms with van der Waals surface area (Å²) in [4.78, 5) is 23.7. The van der Waals surface area contributed by atoms with E-state index in [2.05, 4.69) is 21.4 Å². The van der Waals surface area contributed by atoms with Crippen LogP contribution < -0.4 is 5.32 Å². The minimum atomic E-state index is -0.0603. The van der Waals surface area contributed by atoms with Gasteiger partial charge in [0.25, 0.3) is 5.91 Å². The molecule has 5 nitrogen and oxygen atoms in total. The molecule has 5 heteroatoms. The van der Waals surface area contributed by atoms with E-state index in [-0.39, 0.29) is 5.91 Å². The molecule has 0 aliphatic heterocycles. The average Bonchev–Trinajstić information content (AvgIpc) is 2.72. The van der Waals surface area contributed by atoms with Crippen LogP contribution in [0.25, 0.3) is 0 Å². The van der Waals surface area contributed by atoms with Crippen molar-refractivity contribution >= 4 is 11.7 Å². The zero-order chi connectivity index (χ0) is 19.8. The normalized spacial score (nSPS) is 13.7. The van der Waals surface area contributed by atoms with Crippen molar-refractivity contribution in [2.24, 2.45) is 0 Å². The number of aryl methyl sites for hydroxylation is 1. The predicted molar refractivity (Wildman–Crippen MR) is 113 cm³/mol. The summed E-state index contributed by atoms with van der Waals surface area (Å²) in [7, 11) is 0. The number of allylic oxidation sites excluding steroid dienone is 1. The molecular weight excluding hydrogens is 348 g/mol. The number of benzene rings is 1. The summed E-state index contributed by atoms with van der Waals surface area (Å²) in [5.74, 6) is 1.28. The SMILES string of the molecule is CCN(Cc1ccccc1)C(=O)c1cc(NCCC2=CCCCC2)nc(C)n1. The molecule has 1 heterocycles. The van der Waals surface area contributed by atoms with Crippen LogP contribution in [0.3, 0.4) is 0 Å². The third kappa shape index (κ3) is 5.65. The number of hydrogen-bond donors (Lipinski definition) is 1. The minimum Gasteiger partial charge on any atom is -0.370 e. The van der Waals surface area contributed by atoms with Crippen LogP contribution >= 0.6 is 0 Å². The first-order chi connectivity index (χ1) is 13.7. The summed E-state index contributed by atoms with van der Waals surface area (Å²) in [6.45, 7) is 5.87. The van der Waals surface area contributed by atoms with Crippen LogP contribution in [0.5, 0.6) is 0 Å². The van der Waals surface area contributed by atoms with Crippen LogP contribution in [0.4, 0.5) is 5.82 Å². The van der Waals surface area contributed by atoms with Crippen LogP contribution in [-0.2, 0) is 6.54 Å². The van der Waals surface area contributed by atoms with Crippen molar-refractivity contribution in [1.29, 1.82) is 0 Å². The maximum absolute atomic E-state index is 13.0. The van der Waals surface area contributed by atoms with Gasteiger partial charge in [0.1, 0.15) is 17.3 Å². The van der Waals surface area contributed by atoms with Crippen LogP contribution in [0.1, 0.15) is 60.9 Å². The fourth-order valence-electron chi connectivity index (χ4n) is 3.54. The van der Waals surface area contributed by atoms with Gasteiger partial charge in [-0.3, -0.25) is 4.79 Å². The molecule has 3 rings (SSSR count). The molecule has 28 heavy (non-hydrogen) atoms. The van der Waals surface area contributed by atoms with E-state index in [1.165, 1.54) is 31.3 Å². The third-order valence-electron chi connectivity index (χ3n) is 5.08. The highest BCUT2D eigenvalue weighted by atomic mass is 16.2. The van der Waals surface area contributed by atoms with Gasteiger partial charge in [0.15, 0.2) is 0 Å². The van der Waals surface area contributed by atoms with Gasteiger partial charge in [0.2, 0.25) is 0 Å². The van der Waals surface area contributed by atoms with Gasteiger partial charge >= 0.3 is 0 Å². The Kier molecular flexibility index (Phi) is 7.18. The molecule has 1 amide bonds. The fraction of sp³-hybridized carbons (Fsp3) is 0.435. The van der Waals surface area contributed by atoms with Crippen LogP contribution in [0.15, 0.2) is 48.0 Å². The van der Waals surface area contributed by atoms with Gasteiger partial charge in [-0.1, -0.05) is 42.0 Å². The Morgan fingerprint density at radius 3 is 2.71 bits per heavy atom. The number of aromatic nitrogens is 2. The monoisotopic (exact) mass is 378 g/mol. The Morgan fingerprint density at radius 2 is 2.00 bits per heavy atom. The van der Waals surface area contributed by atoms with E-state index in [0.29, 0.717) is 24.6 Å². The predicted octanol–water partition coefficient (Wildman–Crippen LogP) is 4.75. The Balaban J connectivity index is 1.65. The molecule has 1 N–H and O–H groups in total. The van der Waals surface area contributed by atoms with E-state index in [0.717, 1.165) is 24.3 Å². The number of carbonyl (C=O) groups excluding carboxylic acids is 1. The van der Waals surface area contributed by atoms with Crippen molar-refractivity contribution in [3.8, 4) is 0 Å². The lowest BCUT2D eigenvalue weighted by molar-refractivity contribution is 0.0746. The van der Waals surface area contributed by atoms with Gasteiger partial charge in [-0.2, -0.15) is 0 Å². The minimum absolute atomic E-state index is 0.0603. The van der Waals surface area contributed by atoms with Crippen LogP contribution in [0, 0.1) is 6.92 Å². The number of nitrogens with zero attached hydrogens (tertiary/aromatic N) is 3. The molecular formula is C23H30N4O. The first-order valence-corrected chi connectivity index (χ1v) is 10.3. The number of nitrogens with one attached hydrogen (secondary N) is 1. The van der Waals surface area contributed by atoms with Crippen LogP contribution in [0.2, 0.25) is 0 Å². The van der Waals surface area contributed by atoms with Gasteiger partial charge < -0.3 is 10.2 Å². The Morgan fingerprint density at radius 1 is 1.18 bits per heavy atom. The number of hydrogen-bond acceptors (Lipinski definition) is 4. The molecule has 1 aromatic heterocycles. The number of anilines is 1. The van der Waals surface area contributed by atoms with Crippen molar-refractivity contribution in [3.05, 3.63) is 65.1 Å². The lowest BCUT2D eigenvalue weighted by Gasteiger charge is -2.21. The van der Waals surface area contributed by atoms with Crippen LogP contribution in [-0.4, -0.2) is 33.9 Å². The van der Waals surface area contributed by atoms with E-state index in [1.807, 2.05) is 49.1 Å². The van der Waals surface area contributed by atoms with E-state index < -0.39 is 0 Å². The molecule has 148 valence electrons. The second kappa shape index (κ2) is 10.0. The Labute approximate surface area is 167 Å². The van der Waals surface area contributed by atoms with E-state index in [1.54, 1.807) is 6.07 Å². The molecule has 1 aliphatic rings. The number of amides is 1. The van der Waals surface area contributed by atoms with Crippen molar-refractivity contribution in [2.75, 3.05) is 18.4 Å². The summed E-state index contributed by atoms with van der Waals surface area (Å²) in [5, 5.41) is 3.37. The first-order valence-electron chi connectivity index (χ1n) is 10.3. The van der Waals surface area contributed by atoms with E-state index in [9.17, 15) is 4.79 Å². The molecule has 0 saturated carbocycles. The number of carbonyl (C=O) groups is 1. The standard InChI is InChI=1S/C23H30N4O/c1-3-27(17-20-12-8-5-9-13-20)23(28)21-16-22(26-18(2)25-21)24-15-14-19-10-6-4-7-11-19/h5,8-10,12-13,16H,3-4,6-7,11,14-15,17H2,1-2H3,(H,24,25,26). The zero-order valence-electron chi connectivity index (χ0n) is 16.9. The highest BCUT2D eigenvalue weighted by Crippen LogP contribution is 2.20. The largest absolute Gasteiger partial charge is 0.370 e. The van der Waals surface area contributed by atoms with Gasteiger partial charge in [0, 0.05) is 25.7 Å². The van der Waals surface area contributed by atoms with Gasteiger partial charge in [-0.05, 0) is 51.5 Å². The first kappa shape index (κ1) is 20.1. The molecule has 0 spiro atoms. The highest BCUT2D eigenvalue weighted by molar-refractivity contribution is 5.93. The number of rotatable bonds is 8. The molecule has 2 aromatic rings. The van der Waals surface area contributed by atoms with Crippen molar-refractivity contribution in [1.82, 2.24) is 14.9 Å². The van der Waals surface area contributed by atoms with E-state index >= 15 is 0 Å². The summed E-state index contributed by atoms with van der Waals surface area (Å²) in [6, 6.07) is 11.8. The maximum atomic E-state index is 13.0. The van der Waals surface area contributed by atoms with Gasteiger partial charge in [-0.25, -0.2) is 9.97 Å². The van der Waals surface area contributed by atoms with Gasteiger partial charge in [-0.15, -0.1) is 0 Å². The molecule has 1 aromatic carbocycles. The summed E-state index contributed by atoms with van der Waals surface area (Å²) >= 11 is 0. The molecule has 0 saturated heterocycles. The van der Waals surface area contributed by atoms with Crippen molar-refractivity contribution in [2.45, 2.75) is 52.5 Å². The smallest absolute Gasteiger partial charge is 0.272 e. The topological polar surface area (TPSA) is 58.1 Å². The van der Waals surface area contributed by atoms with Crippen molar-refractivity contribution in [3.63, 3.8) is 0 Å². The summed E-state index contributed by atoms with van der Waals surface area (Å²) in [6.07, 6.45) is 8.42. The summed E-state index contributed by atoms with van der Waals surface area (Å²) < 4.78 is 0. The lowest BCUT2D eigenvalue weighted by Crippen LogP contribution is -2.31. The summed E-state index contributed by atoms with van der Waals surface area (Å²) in [5.41, 5.74) is 3.09. The zero-order valence-corrected chi connectivity index (χ0v) is 16.9. The van der Waals surface area contributed by atoms with E-state index in [4.69, 9.17) is 0 Å². The highest BCUT2D eigenvalue weighted by Gasteiger charge is 2.17. The Bertz CT molecular complexity index is 817. The fourth-order valence-corrected chi connectivity index (χ4v) is 3.54. The lowest BCUT2D eigenvalue weighted by atomic mass is 9.97. The molecule has 1 aliphatic carbocycles. The molecule has 0 fully saturated rings. The second-order valence-corrected chi connectivity index (χ2v) is 7.28. The quantitative estimate of drug-likeness (QED) is 0.674.